The van der Waals surface area contributed by atoms with Crippen molar-refractivity contribution in [2.45, 2.75) is 20.1 Å². The topological polar surface area (TPSA) is 83.7 Å². The SMILES string of the molecule is COc1cc(/C=C/C(=O)OCc2nc(-c3ccc(C)c(F)c3)no2)ccc1OC(F)F. The van der Waals surface area contributed by atoms with Crippen molar-refractivity contribution >= 4 is 12.0 Å². The maximum Gasteiger partial charge on any atom is 0.387 e. The first-order chi connectivity index (χ1) is 14.9. The van der Waals surface area contributed by atoms with Crippen molar-refractivity contribution in [1.82, 2.24) is 10.1 Å². The van der Waals surface area contributed by atoms with Crippen molar-refractivity contribution in [3.8, 4) is 22.9 Å². The number of aromatic nitrogens is 2. The van der Waals surface area contributed by atoms with Gasteiger partial charge < -0.3 is 18.7 Å². The summed E-state index contributed by atoms with van der Waals surface area (Å²) in [4.78, 5) is 16.0. The molecule has 1 heterocycles. The van der Waals surface area contributed by atoms with Crippen LogP contribution in [0.5, 0.6) is 11.5 Å². The lowest BCUT2D eigenvalue weighted by molar-refractivity contribution is -0.139. The summed E-state index contributed by atoms with van der Waals surface area (Å²) in [6, 6.07) is 8.70. The number of carbonyl (C=O) groups is 1. The van der Waals surface area contributed by atoms with E-state index in [0.29, 0.717) is 16.7 Å². The lowest BCUT2D eigenvalue weighted by Gasteiger charge is -2.10. The van der Waals surface area contributed by atoms with Gasteiger partial charge in [0.2, 0.25) is 5.82 Å². The molecule has 0 amide bonds. The predicted molar refractivity (Wildman–Crippen MR) is 103 cm³/mol. The third-order valence-corrected chi connectivity index (χ3v) is 4.05. The van der Waals surface area contributed by atoms with Crippen LogP contribution < -0.4 is 9.47 Å². The first kappa shape index (κ1) is 21.9. The summed E-state index contributed by atoms with van der Waals surface area (Å²) in [6.45, 7) is -1.63. The highest BCUT2D eigenvalue weighted by atomic mass is 19.3. The van der Waals surface area contributed by atoms with Gasteiger partial charge in [0.05, 0.1) is 7.11 Å². The molecule has 0 aliphatic rings. The minimum atomic E-state index is -2.99. The number of esters is 1. The second-order valence-corrected chi connectivity index (χ2v) is 6.21. The van der Waals surface area contributed by atoms with Crippen molar-refractivity contribution in [3.05, 3.63) is 65.3 Å². The number of aryl methyl sites for hydroxylation is 1. The summed E-state index contributed by atoms with van der Waals surface area (Å²) < 4.78 is 57.7. The fraction of sp³-hybridized carbons (Fsp3) is 0.190. The number of nitrogens with zero attached hydrogens (tertiary/aromatic N) is 2. The zero-order valence-corrected chi connectivity index (χ0v) is 16.5. The van der Waals surface area contributed by atoms with Gasteiger partial charge in [0.25, 0.3) is 5.89 Å². The van der Waals surface area contributed by atoms with Crippen LogP contribution in [0.1, 0.15) is 17.0 Å². The van der Waals surface area contributed by atoms with E-state index in [0.717, 1.165) is 6.08 Å². The van der Waals surface area contributed by atoms with Gasteiger partial charge in [-0.3, -0.25) is 0 Å². The minimum absolute atomic E-state index is 0.0351. The van der Waals surface area contributed by atoms with Crippen LogP contribution in [0.3, 0.4) is 0 Å². The molecule has 0 N–H and O–H groups in total. The van der Waals surface area contributed by atoms with Gasteiger partial charge in [-0.05, 0) is 42.3 Å². The van der Waals surface area contributed by atoms with Crippen molar-refractivity contribution in [1.29, 1.82) is 0 Å². The summed E-state index contributed by atoms with van der Waals surface area (Å²) in [6.07, 6.45) is 2.54. The number of hydrogen-bond acceptors (Lipinski definition) is 7. The molecule has 0 radical (unpaired) electrons. The highest BCUT2D eigenvalue weighted by Gasteiger charge is 2.13. The van der Waals surface area contributed by atoms with Crippen LogP contribution in [-0.4, -0.2) is 29.8 Å². The molecule has 0 saturated carbocycles. The van der Waals surface area contributed by atoms with Crippen LogP contribution in [0.2, 0.25) is 0 Å². The first-order valence-corrected chi connectivity index (χ1v) is 8.92. The number of hydrogen-bond donors (Lipinski definition) is 0. The van der Waals surface area contributed by atoms with Gasteiger partial charge in [0, 0.05) is 11.6 Å². The number of carbonyl (C=O) groups excluding carboxylic acids is 1. The number of rotatable bonds is 8. The van der Waals surface area contributed by atoms with Crippen molar-refractivity contribution in [3.63, 3.8) is 0 Å². The van der Waals surface area contributed by atoms with E-state index in [-0.39, 0.29) is 29.8 Å². The highest BCUT2D eigenvalue weighted by molar-refractivity contribution is 5.87. The van der Waals surface area contributed by atoms with Crippen molar-refractivity contribution in [2.75, 3.05) is 7.11 Å². The number of benzene rings is 2. The average Bonchev–Trinajstić information content (AvgIpc) is 3.22. The summed E-state index contributed by atoms with van der Waals surface area (Å²) in [5, 5.41) is 3.74. The van der Waals surface area contributed by atoms with Crippen molar-refractivity contribution < 1.29 is 36.7 Å². The smallest absolute Gasteiger partial charge is 0.387 e. The Kier molecular flexibility index (Phi) is 6.91. The van der Waals surface area contributed by atoms with E-state index in [9.17, 15) is 18.0 Å². The number of alkyl halides is 2. The molecular formula is C21H17F3N2O5. The van der Waals surface area contributed by atoms with E-state index in [1.165, 1.54) is 37.5 Å². The zero-order valence-electron chi connectivity index (χ0n) is 16.5. The Bertz CT molecular complexity index is 1100. The predicted octanol–water partition coefficient (Wildman–Crippen LogP) is 4.55. The molecule has 0 atom stereocenters. The Balaban J connectivity index is 1.58. The van der Waals surface area contributed by atoms with E-state index < -0.39 is 18.4 Å². The molecule has 162 valence electrons. The Labute approximate surface area is 175 Å². The lowest BCUT2D eigenvalue weighted by Crippen LogP contribution is -2.03. The van der Waals surface area contributed by atoms with Crippen LogP contribution in [0.15, 0.2) is 47.0 Å². The molecule has 1 aromatic heterocycles. The van der Waals surface area contributed by atoms with Gasteiger partial charge in [-0.1, -0.05) is 23.4 Å². The molecule has 3 rings (SSSR count). The van der Waals surface area contributed by atoms with Gasteiger partial charge in [0.15, 0.2) is 18.1 Å². The minimum Gasteiger partial charge on any atom is -0.493 e. The van der Waals surface area contributed by atoms with Crippen LogP contribution in [0.4, 0.5) is 13.2 Å². The third-order valence-electron chi connectivity index (χ3n) is 4.05. The van der Waals surface area contributed by atoms with Crippen LogP contribution >= 0.6 is 0 Å². The van der Waals surface area contributed by atoms with E-state index in [4.69, 9.17) is 14.0 Å². The third kappa shape index (κ3) is 5.84. The zero-order chi connectivity index (χ0) is 22.4. The lowest BCUT2D eigenvalue weighted by atomic mass is 10.1. The quantitative estimate of drug-likeness (QED) is 0.380. The molecule has 3 aromatic rings. The molecule has 7 nitrogen and oxygen atoms in total. The summed E-state index contributed by atoms with van der Waals surface area (Å²) in [7, 11) is 1.30. The molecule has 0 fully saturated rings. The average molecular weight is 434 g/mol. The summed E-state index contributed by atoms with van der Waals surface area (Å²) in [5.41, 5.74) is 1.41. The van der Waals surface area contributed by atoms with E-state index in [1.807, 2.05) is 0 Å². The standard InChI is InChI=1S/C21H17F3N2O5/c1-12-3-6-14(10-15(12)22)20-25-18(31-26-20)11-29-19(27)8-5-13-4-7-16(30-21(23)24)17(9-13)28-2/h3-10,21H,11H2,1-2H3/b8-5+. The molecule has 0 bridgehead atoms. The van der Waals surface area contributed by atoms with Gasteiger partial charge in [-0.25, -0.2) is 9.18 Å². The van der Waals surface area contributed by atoms with Crippen LogP contribution in [0, 0.1) is 12.7 Å². The van der Waals surface area contributed by atoms with Gasteiger partial charge in [0.1, 0.15) is 5.82 Å². The maximum atomic E-state index is 13.7. The van der Waals surface area contributed by atoms with Gasteiger partial charge in [-0.15, -0.1) is 0 Å². The Hall–Kier alpha value is -3.82. The Morgan fingerprint density at radius 2 is 2.00 bits per heavy atom. The van der Waals surface area contributed by atoms with E-state index in [1.54, 1.807) is 19.1 Å². The molecule has 0 spiro atoms. The Morgan fingerprint density at radius 3 is 2.71 bits per heavy atom. The second-order valence-electron chi connectivity index (χ2n) is 6.21. The molecule has 0 saturated heterocycles. The second kappa shape index (κ2) is 9.79. The summed E-state index contributed by atoms with van der Waals surface area (Å²) in [5.74, 6) is -0.940. The first-order valence-electron chi connectivity index (χ1n) is 8.92. The van der Waals surface area contributed by atoms with Crippen LogP contribution in [-0.2, 0) is 16.1 Å². The highest BCUT2D eigenvalue weighted by Crippen LogP contribution is 2.29. The Morgan fingerprint density at radius 1 is 1.19 bits per heavy atom. The molecule has 0 aliphatic heterocycles. The molecule has 0 aliphatic carbocycles. The summed E-state index contributed by atoms with van der Waals surface area (Å²) >= 11 is 0. The molecule has 31 heavy (non-hydrogen) atoms. The molecule has 10 heteroatoms. The monoisotopic (exact) mass is 434 g/mol. The number of ether oxygens (including phenoxy) is 3. The van der Waals surface area contributed by atoms with E-state index >= 15 is 0 Å². The maximum absolute atomic E-state index is 13.7. The molecule has 0 unspecified atom stereocenters. The van der Waals surface area contributed by atoms with Crippen LogP contribution in [0.25, 0.3) is 17.5 Å². The molecular weight excluding hydrogens is 417 g/mol. The van der Waals surface area contributed by atoms with E-state index in [2.05, 4.69) is 14.9 Å². The number of methoxy groups -OCH3 is 1. The normalized spacial score (nSPS) is 11.2. The number of halogens is 3. The molecule has 2 aromatic carbocycles. The largest absolute Gasteiger partial charge is 0.493 e. The fourth-order valence-electron chi connectivity index (χ4n) is 2.49. The fourth-order valence-corrected chi connectivity index (χ4v) is 2.49. The van der Waals surface area contributed by atoms with Gasteiger partial charge in [-0.2, -0.15) is 13.8 Å². The van der Waals surface area contributed by atoms with Crippen molar-refractivity contribution in [2.24, 2.45) is 0 Å². The van der Waals surface area contributed by atoms with Gasteiger partial charge >= 0.3 is 12.6 Å².